The molecular formula is C14H23NO. The van der Waals surface area contributed by atoms with Crippen molar-refractivity contribution in [2.75, 3.05) is 0 Å². The summed E-state index contributed by atoms with van der Waals surface area (Å²) in [5.41, 5.74) is 1.25. The first-order chi connectivity index (χ1) is 7.66. The van der Waals surface area contributed by atoms with Gasteiger partial charge in [-0.05, 0) is 44.2 Å². The summed E-state index contributed by atoms with van der Waals surface area (Å²) in [6.45, 7) is 6.67. The molecule has 0 spiro atoms. The van der Waals surface area contributed by atoms with Crippen molar-refractivity contribution in [1.82, 2.24) is 5.32 Å². The van der Waals surface area contributed by atoms with Crippen LogP contribution in [0.3, 0.4) is 0 Å². The third-order valence-electron chi connectivity index (χ3n) is 3.72. The van der Waals surface area contributed by atoms with Gasteiger partial charge in [0, 0.05) is 6.04 Å². The van der Waals surface area contributed by atoms with Gasteiger partial charge < -0.3 is 9.73 Å². The fraction of sp³-hybridized carbons (Fsp3) is 0.714. The molecule has 1 aliphatic carbocycles. The molecule has 0 saturated heterocycles. The van der Waals surface area contributed by atoms with Gasteiger partial charge in [-0.1, -0.05) is 19.8 Å². The minimum Gasteiger partial charge on any atom is -0.467 e. The number of hydrogen-bond donors (Lipinski definition) is 1. The average molecular weight is 221 g/mol. The molecule has 1 heterocycles. The maximum atomic E-state index is 5.53. The van der Waals surface area contributed by atoms with E-state index in [1.165, 1.54) is 31.2 Å². The molecule has 0 aromatic carbocycles. The highest BCUT2D eigenvalue weighted by Gasteiger charge is 2.22. The van der Waals surface area contributed by atoms with Gasteiger partial charge >= 0.3 is 0 Å². The highest BCUT2D eigenvalue weighted by molar-refractivity contribution is 5.17. The first-order valence-corrected chi connectivity index (χ1v) is 6.47. The fourth-order valence-electron chi connectivity index (χ4n) is 2.84. The van der Waals surface area contributed by atoms with E-state index in [4.69, 9.17) is 4.42 Å². The Morgan fingerprint density at radius 1 is 1.44 bits per heavy atom. The molecule has 1 fully saturated rings. The molecule has 1 aromatic rings. The van der Waals surface area contributed by atoms with Crippen LogP contribution in [0.15, 0.2) is 16.7 Å². The van der Waals surface area contributed by atoms with E-state index in [9.17, 15) is 0 Å². The zero-order valence-corrected chi connectivity index (χ0v) is 10.6. The number of aryl methyl sites for hydroxylation is 1. The van der Waals surface area contributed by atoms with Crippen LogP contribution in [-0.2, 0) is 0 Å². The van der Waals surface area contributed by atoms with E-state index in [1.807, 2.05) is 6.07 Å². The van der Waals surface area contributed by atoms with Gasteiger partial charge in [0.1, 0.15) is 5.76 Å². The molecule has 3 unspecified atom stereocenters. The molecule has 0 radical (unpaired) electrons. The van der Waals surface area contributed by atoms with E-state index in [2.05, 4.69) is 26.1 Å². The predicted molar refractivity (Wildman–Crippen MR) is 66.4 cm³/mol. The highest BCUT2D eigenvalue weighted by atomic mass is 16.3. The maximum absolute atomic E-state index is 5.53. The van der Waals surface area contributed by atoms with Crippen molar-refractivity contribution in [1.29, 1.82) is 0 Å². The van der Waals surface area contributed by atoms with Gasteiger partial charge in [0.15, 0.2) is 0 Å². The van der Waals surface area contributed by atoms with Gasteiger partial charge in [-0.3, -0.25) is 0 Å². The topological polar surface area (TPSA) is 25.2 Å². The monoisotopic (exact) mass is 221 g/mol. The largest absolute Gasteiger partial charge is 0.467 e. The number of nitrogens with one attached hydrogen (secondary N) is 1. The lowest BCUT2D eigenvalue weighted by molar-refractivity contribution is 0.274. The van der Waals surface area contributed by atoms with Crippen molar-refractivity contribution in [3.8, 4) is 0 Å². The van der Waals surface area contributed by atoms with Crippen LogP contribution in [0.1, 0.15) is 56.9 Å². The fourth-order valence-corrected chi connectivity index (χ4v) is 2.84. The first-order valence-electron chi connectivity index (χ1n) is 6.47. The standard InChI is InChI=1S/C14H23NO/c1-10-5-4-6-13(9-10)15-12(3)14-11(2)7-8-16-14/h7-8,10,12-13,15H,4-6,9H2,1-3H3. The second kappa shape index (κ2) is 5.05. The summed E-state index contributed by atoms with van der Waals surface area (Å²) in [5.74, 6) is 1.97. The zero-order valence-electron chi connectivity index (χ0n) is 10.6. The molecule has 90 valence electrons. The third-order valence-corrected chi connectivity index (χ3v) is 3.72. The Hall–Kier alpha value is -0.760. The van der Waals surface area contributed by atoms with Gasteiger partial charge in [-0.15, -0.1) is 0 Å². The number of rotatable bonds is 3. The van der Waals surface area contributed by atoms with E-state index < -0.39 is 0 Å². The molecule has 1 aromatic heterocycles. The first kappa shape index (κ1) is 11.7. The van der Waals surface area contributed by atoms with E-state index in [-0.39, 0.29) is 0 Å². The quantitative estimate of drug-likeness (QED) is 0.839. The smallest absolute Gasteiger partial charge is 0.123 e. The molecule has 16 heavy (non-hydrogen) atoms. The molecule has 1 aliphatic rings. The summed E-state index contributed by atoms with van der Waals surface area (Å²) in [6.07, 6.45) is 7.17. The van der Waals surface area contributed by atoms with Crippen LogP contribution < -0.4 is 5.32 Å². The van der Waals surface area contributed by atoms with E-state index >= 15 is 0 Å². The Balaban J connectivity index is 1.92. The van der Waals surface area contributed by atoms with Gasteiger partial charge in [-0.25, -0.2) is 0 Å². The van der Waals surface area contributed by atoms with Gasteiger partial charge in [-0.2, -0.15) is 0 Å². The third kappa shape index (κ3) is 2.67. The van der Waals surface area contributed by atoms with Crippen molar-refractivity contribution in [2.45, 2.75) is 58.5 Å². The molecule has 2 heteroatoms. The average Bonchev–Trinajstić information content (AvgIpc) is 2.64. The van der Waals surface area contributed by atoms with Crippen LogP contribution in [0, 0.1) is 12.8 Å². The van der Waals surface area contributed by atoms with E-state index in [0.717, 1.165) is 11.7 Å². The van der Waals surface area contributed by atoms with Crippen LogP contribution in [0.5, 0.6) is 0 Å². The van der Waals surface area contributed by atoms with Crippen molar-refractivity contribution in [2.24, 2.45) is 5.92 Å². The minimum atomic E-state index is 0.338. The summed E-state index contributed by atoms with van der Waals surface area (Å²) in [7, 11) is 0. The SMILES string of the molecule is Cc1ccoc1C(C)NC1CCCC(C)C1. The summed E-state index contributed by atoms with van der Waals surface area (Å²) in [5, 5.41) is 3.70. The molecule has 1 N–H and O–H groups in total. The molecule has 1 saturated carbocycles. The van der Waals surface area contributed by atoms with Gasteiger partial charge in [0.05, 0.1) is 12.3 Å². The zero-order chi connectivity index (χ0) is 11.5. The van der Waals surface area contributed by atoms with Crippen molar-refractivity contribution in [3.63, 3.8) is 0 Å². The molecule has 2 nitrogen and oxygen atoms in total. The molecule has 3 atom stereocenters. The summed E-state index contributed by atoms with van der Waals surface area (Å²) < 4.78 is 5.53. The minimum absolute atomic E-state index is 0.338. The highest BCUT2D eigenvalue weighted by Crippen LogP contribution is 2.26. The lowest BCUT2D eigenvalue weighted by Crippen LogP contribution is -2.35. The van der Waals surface area contributed by atoms with Crippen LogP contribution in [0.25, 0.3) is 0 Å². The van der Waals surface area contributed by atoms with Gasteiger partial charge in [0.2, 0.25) is 0 Å². The van der Waals surface area contributed by atoms with Gasteiger partial charge in [0.25, 0.3) is 0 Å². The lowest BCUT2D eigenvalue weighted by atomic mass is 9.86. The molecule has 2 rings (SSSR count). The normalized spacial score (nSPS) is 27.9. The number of furan rings is 1. The molecule has 0 bridgehead atoms. The summed E-state index contributed by atoms with van der Waals surface area (Å²) in [4.78, 5) is 0. The van der Waals surface area contributed by atoms with E-state index in [1.54, 1.807) is 6.26 Å². The summed E-state index contributed by atoms with van der Waals surface area (Å²) in [6, 6.07) is 3.05. The van der Waals surface area contributed by atoms with Crippen LogP contribution in [0.4, 0.5) is 0 Å². The Labute approximate surface area is 98.4 Å². The Bertz CT molecular complexity index is 331. The second-order valence-corrected chi connectivity index (χ2v) is 5.32. The number of hydrogen-bond acceptors (Lipinski definition) is 2. The van der Waals surface area contributed by atoms with Crippen LogP contribution >= 0.6 is 0 Å². The maximum Gasteiger partial charge on any atom is 0.123 e. The Morgan fingerprint density at radius 3 is 2.88 bits per heavy atom. The van der Waals surface area contributed by atoms with E-state index in [0.29, 0.717) is 12.1 Å². The van der Waals surface area contributed by atoms with Crippen LogP contribution in [0.2, 0.25) is 0 Å². The molecular weight excluding hydrogens is 198 g/mol. The van der Waals surface area contributed by atoms with Crippen molar-refractivity contribution in [3.05, 3.63) is 23.7 Å². The van der Waals surface area contributed by atoms with Crippen molar-refractivity contribution < 1.29 is 4.42 Å². The Morgan fingerprint density at radius 2 is 2.25 bits per heavy atom. The predicted octanol–water partition coefficient (Wildman–Crippen LogP) is 3.82. The lowest BCUT2D eigenvalue weighted by Gasteiger charge is -2.29. The molecule has 0 aliphatic heterocycles. The summed E-state index contributed by atoms with van der Waals surface area (Å²) >= 11 is 0. The Kier molecular flexibility index (Phi) is 3.70. The molecule has 0 amide bonds. The van der Waals surface area contributed by atoms with Crippen molar-refractivity contribution >= 4 is 0 Å². The second-order valence-electron chi connectivity index (χ2n) is 5.32. The van der Waals surface area contributed by atoms with Crippen LogP contribution in [-0.4, -0.2) is 6.04 Å².